The van der Waals surface area contributed by atoms with Crippen LogP contribution >= 0.6 is 0 Å². The number of carbonyl (C=O) groups excluding carboxylic acids is 3. The Kier molecular flexibility index (Phi) is 9.23. The van der Waals surface area contributed by atoms with Gasteiger partial charge in [-0.15, -0.1) is 0 Å². The van der Waals surface area contributed by atoms with Crippen molar-refractivity contribution in [1.29, 1.82) is 5.41 Å². The van der Waals surface area contributed by atoms with Crippen LogP contribution in [0.25, 0.3) is 0 Å². The van der Waals surface area contributed by atoms with Crippen LogP contribution in [0, 0.1) is 5.41 Å². The van der Waals surface area contributed by atoms with Crippen molar-refractivity contribution < 1.29 is 19.1 Å². The normalized spacial score (nSPS) is 14.4. The number of nitrogens with zero attached hydrogens (tertiary/aromatic N) is 2. The number of anilines is 1. The zero-order chi connectivity index (χ0) is 25.2. The second kappa shape index (κ2) is 12.5. The van der Waals surface area contributed by atoms with E-state index >= 15 is 0 Å². The van der Waals surface area contributed by atoms with Crippen LogP contribution in [0.5, 0.6) is 0 Å². The number of carbonyl (C=O) groups is 3. The highest BCUT2D eigenvalue weighted by Crippen LogP contribution is 2.18. The molecule has 3 rings (SSSR count). The van der Waals surface area contributed by atoms with Crippen molar-refractivity contribution in [2.45, 2.75) is 32.2 Å². The monoisotopic (exact) mass is 479 g/mol. The Morgan fingerprint density at radius 1 is 1.11 bits per heavy atom. The maximum absolute atomic E-state index is 12.8. The summed E-state index contributed by atoms with van der Waals surface area (Å²) in [5.41, 5.74) is 8.11. The van der Waals surface area contributed by atoms with Gasteiger partial charge in [-0.3, -0.25) is 19.8 Å². The maximum Gasteiger partial charge on any atom is 0.307 e. The van der Waals surface area contributed by atoms with Crippen molar-refractivity contribution >= 4 is 29.3 Å². The van der Waals surface area contributed by atoms with Crippen LogP contribution in [0.3, 0.4) is 0 Å². The van der Waals surface area contributed by atoms with Crippen molar-refractivity contribution in [1.82, 2.24) is 10.2 Å². The van der Waals surface area contributed by atoms with Gasteiger partial charge in [0, 0.05) is 30.4 Å². The summed E-state index contributed by atoms with van der Waals surface area (Å²) in [5, 5.41) is 10.4. The first-order chi connectivity index (χ1) is 16.9. The van der Waals surface area contributed by atoms with Gasteiger partial charge in [0.15, 0.2) is 0 Å². The van der Waals surface area contributed by atoms with Crippen molar-refractivity contribution in [3.05, 3.63) is 65.7 Å². The third-order valence-electron chi connectivity index (χ3n) is 5.90. The van der Waals surface area contributed by atoms with E-state index in [1.807, 2.05) is 47.4 Å². The number of nitrogens with two attached hydrogens (primary N) is 1. The first-order valence-corrected chi connectivity index (χ1v) is 11.8. The first kappa shape index (κ1) is 25.7. The number of hydrogen-bond donors (Lipinski definition) is 3. The van der Waals surface area contributed by atoms with E-state index < -0.39 is 0 Å². The van der Waals surface area contributed by atoms with Crippen molar-refractivity contribution in [3.63, 3.8) is 0 Å². The molecule has 0 saturated carbocycles. The molecule has 35 heavy (non-hydrogen) atoms. The number of nitrogens with one attached hydrogen (secondary N) is 2. The minimum atomic E-state index is -0.377. The van der Waals surface area contributed by atoms with E-state index in [0.717, 1.165) is 11.3 Å². The third kappa shape index (κ3) is 7.84. The molecule has 0 aliphatic carbocycles. The van der Waals surface area contributed by atoms with Gasteiger partial charge < -0.3 is 25.6 Å². The Hall–Kier alpha value is -3.88. The molecular formula is C26H33N5O4. The summed E-state index contributed by atoms with van der Waals surface area (Å²) >= 11 is 0. The summed E-state index contributed by atoms with van der Waals surface area (Å²) in [6, 6.07) is 16.7. The Morgan fingerprint density at radius 2 is 1.83 bits per heavy atom. The lowest BCUT2D eigenvalue weighted by Crippen LogP contribution is -2.54. The molecular weight excluding hydrogens is 446 g/mol. The lowest BCUT2D eigenvalue weighted by atomic mass is 10.0. The fourth-order valence-electron chi connectivity index (χ4n) is 4.03. The van der Waals surface area contributed by atoms with Gasteiger partial charge in [-0.1, -0.05) is 30.3 Å². The average Bonchev–Trinajstić information content (AvgIpc) is 2.84. The molecule has 0 radical (unpaired) electrons. The van der Waals surface area contributed by atoms with Crippen molar-refractivity contribution in [2.24, 2.45) is 5.73 Å². The summed E-state index contributed by atoms with van der Waals surface area (Å²) < 4.78 is 5.07. The summed E-state index contributed by atoms with van der Waals surface area (Å²) in [6.45, 7) is 3.13. The van der Waals surface area contributed by atoms with E-state index in [4.69, 9.17) is 15.9 Å². The topological polar surface area (TPSA) is 129 Å². The van der Waals surface area contributed by atoms with Crippen LogP contribution < -0.4 is 16.0 Å². The van der Waals surface area contributed by atoms with Gasteiger partial charge in [-0.05, 0) is 49.6 Å². The fourth-order valence-corrected chi connectivity index (χ4v) is 4.03. The first-order valence-electron chi connectivity index (χ1n) is 11.8. The van der Waals surface area contributed by atoms with Crippen LogP contribution in [-0.2, 0) is 25.5 Å². The smallest absolute Gasteiger partial charge is 0.307 e. The van der Waals surface area contributed by atoms with Gasteiger partial charge in [0.2, 0.25) is 11.8 Å². The zero-order valence-corrected chi connectivity index (χ0v) is 20.0. The van der Waals surface area contributed by atoms with Crippen LogP contribution in [0.1, 0.15) is 30.9 Å². The number of benzene rings is 2. The number of nitrogen functional groups attached to an aromatic ring is 1. The predicted octanol–water partition coefficient (Wildman–Crippen LogP) is 1.69. The summed E-state index contributed by atoms with van der Waals surface area (Å²) in [5.74, 6) is -0.798. The SMILES string of the molecule is CCOC(=O)CC(CCc1ccccc1)NC(=O)CN1CCN(c2ccc(C(=N)N)cc2)CC1=O. The minimum absolute atomic E-state index is 0.00603. The molecule has 0 spiro atoms. The second-order valence-electron chi connectivity index (χ2n) is 8.50. The lowest BCUT2D eigenvalue weighted by molar-refractivity contribution is -0.144. The van der Waals surface area contributed by atoms with Crippen molar-refractivity contribution in [2.75, 3.05) is 37.7 Å². The molecule has 2 aromatic carbocycles. The van der Waals surface area contributed by atoms with E-state index in [1.54, 1.807) is 19.1 Å². The Balaban J connectivity index is 1.53. The Labute approximate surface area is 205 Å². The third-order valence-corrected chi connectivity index (χ3v) is 5.90. The molecule has 2 aromatic rings. The molecule has 1 aliphatic heterocycles. The number of ether oxygens (including phenoxy) is 1. The Morgan fingerprint density at radius 3 is 2.46 bits per heavy atom. The molecule has 1 fully saturated rings. The fraction of sp³-hybridized carbons (Fsp3) is 0.385. The summed E-state index contributed by atoms with van der Waals surface area (Å²) in [7, 11) is 0. The summed E-state index contributed by atoms with van der Waals surface area (Å²) in [4.78, 5) is 41.0. The van der Waals surface area contributed by atoms with E-state index in [1.165, 1.54) is 4.90 Å². The highest BCUT2D eigenvalue weighted by Gasteiger charge is 2.27. The van der Waals surface area contributed by atoms with Crippen LogP contribution in [0.4, 0.5) is 5.69 Å². The van der Waals surface area contributed by atoms with Crippen molar-refractivity contribution in [3.8, 4) is 0 Å². The molecule has 9 nitrogen and oxygen atoms in total. The number of aryl methyl sites for hydroxylation is 1. The number of esters is 1. The van der Waals surface area contributed by atoms with E-state index in [-0.39, 0.29) is 55.8 Å². The van der Waals surface area contributed by atoms with E-state index in [0.29, 0.717) is 31.5 Å². The highest BCUT2D eigenvalue weighted by molar-refractivity contribution is 5.95. The predicted molar refractivity (Wildman–Crippen MR) is 134 cm³/mol. The number of rotatable bonds is 11. The molecule has 2 amide bonds. The zero-order valence-electron chi connectivity index (χ0n) is 20.0. The second-order valence-corrected chi connectivity index (χ2v) is 8.50. The van der Waals surface area contributed by atoms with Crippen LogP contribution in [0.15, 0.2) is 54.6 Å². The summed E-state index contributed by atoms with van der Waals surface area (Å²) in [6.07, 6.45) is 1.39. The highest BCUT2D eigenvalue weighted by atomic mass is 16.5. The van der Waals surface area contributed by atoms with Crippen LogP contribution in [-0.4, -0.2) is 67.3 Å². The van der Waals surface area contributed by atoms with Gasteiger partial charge in [0.25, 0.3) is 0 Å². The minimum Gasteiger partial charge on any atom is -0.466 e. The molecule has 186 valence electrons. The molecule has 1 unspecified atom stereocenters. The molecule has 1 aliphatic rings. The molecule has 0 bridgehead atoms. The van der Waals surface area contributed by atoms with Gasteiger partial charge in [-0.2, -0.15) is 0 Å². The van der Waals surface area contributed by atoms with Crippen LogP contribution in [0.2, 0.25) is 0 Å². The standard InChI is InChI=1S/C26H33N5O4/c1-2-35-25(34)16-21(11-8-19-6-4-3-5-7-19)29-23(32)17-31-15-14-30(18-24(31)33)22-12-9-20(10-13-22)26(27)28/h3-7,9-10,12-13,21H,2,8,11,14-18H2,1H3,(H3,27,28)(H,29,32). The molecule has 9 heteroatoms. The van der Waals surface area contributed by atoms with Gasteiger partial charge in [0.1, 0.15) is 5.84 Å². The number of hydrogen-bond acceptors (Lipinski definition) is 6. The average molecular weight is 480 g/mol. The largest absolute Gasteiger partial charge is 0.466 e. The molecule has 0 aromatic heterocycles. The quantitative estimate of drug-likeness (QED) is 0.256. The van der Waals surface area contributed by atoms with E-state index in [9.17, 15) is 14.4 Å². The molecule has 1 heterocycles. The molecule has 1 atom stereocenters. The maximum atomic E-state index is 12.8. The molecule has 1 saturated heterocycles. The van der Waals surface area contributed by atoms with Gasteiger partial charge >= 0.3 is 5.97 Å². The van der Waals surface area contributed by atoms with Gasteiger partial charge in [0.05, 0.1) is 26.1 Å². The number of amides is 2. The Bertz CT molecular complexity index is 1030. The number of amidine groups is 1. The van der Waals surface area contributed by atoms with Gasteiger partial charge in [-0.25, -0.2) is 0 Å². The van der Waals surface area contributed by atoms with E-state index in [2.05, 4.69) is 5.32 Å². The number of piperazine rings is 1. The lowest BCUT2D eigenvalue weighted by Gasteiger charge is -2.35. The molecule has 4 N–H and O–H groups in total.